The van der Waals surface area contributed by atoms with Crippen molar-refractivity contribution in [1.29, 1.82) is 0 Å². The number of hydrogen-bond donors (Lipinski definition) is 1. The summed E-state index contributed by atoms with van der Waals surface area (Å²) in [5, 5.41) is 4.99. The normalized spacial score (nSPS) is 10.6. The van der Waals surface area contributed by atoms with Crippen molar-refractivity contribution in [3.05, 3.63) is 43.0 Å². The van der Waals surface area contributed by atoms with Crippen LogP contribution in [0.15, 0.2) is 43.0 Å². The van der Waals surface area contributed by atoms with Crippen LogP contribution in [0.25, 0.3) is 16.3 Å². The van der Waals surface area contributed by atoms with Crippen molar-refractivity contribution in [2.75, 3.05) is 5.73 Å². The molecular weight excluding hydrogens is 234 g/mol. The predicted molar refractivity (Wildman–Crippen MR) is 66.9 cm³/mol. The Morgan fingerprint density at radius 1 is 1.24 bits per heavy atom. The van der Waals surface area contributed by atoms with Gasteiger partial charge in [0.2, 0.25) is 5.13 Å². The van der Waals surface area contributed by atoms with Crippen molar-refractivity contribution in [1.82, 2.24) is 19.1 Å². The molecule has 1 aromatic carbocycles. The molecule has 84 valence electrons. The lowest BCUT2D eigenvalue weighted by atomic mass is 10.1. The highest BCUT2D eigenvalue weighted by atomic mass is 32.1. The first-order valence-corrected chi connectivity index (χ1v) is 5.78. The van der Waals surface area contributed by atoms with Crippen molar-refractivity contribution in [3.8, 4) is 16.3 Å². The first-order valence-electron chi connectivity index (χ1n) is 5.01. The van der Waals surface area contributed by atoms with Gasteiger partial charge in [0.05, 0.1) is 6.20 Å². The summed E-state index contributed by atoms with van der Waals surface area (Å²) in [5.74, 6) is 0. The van der Waals surface area contributed by atoms with Gasteiger partial charge in [-0.25, -0.2) is 9.67 Å². The van der Waals surface area contributed by atoms with Crippen LogP contribution in [0, 0.1) is 0 Å². The van der Waals surface area contributed by atoms with Crippen LogP contribution < -0.4 is 5.73 Å². The van der Waals surface area contributed by atoms with E-state index in [1.807, 2.05) is 30.5 Å². The third-order valence-corrected chi connectivity index (χ3v) is 3.06. The highest BCUT2D eigenvalue weighted by Crippen LogP contribution is 2.25. The van der Waals surface area contributed by atoms with Crippen LogP contribution in [-0.2, 0) is 0 Å². The molecule has 0 radical (unpaired) electrons. The van der Waals surface area contributed by atoms with Crippen LogP contribution in [0.1, 0.15) is 0 Å². The molecule has 0 fully saturated rings. The average Bonchev–Trinajstić information content (AvgIpc) is 3.00. The van der Waals surface area contributed by atoms with Crippen molar-refractivity contribution in [2.24, 2.45) is 0 Å². The third-order valence-electron chi connectivity index (χ3n) is 2.40. The Kier molecular flexibility index (Phi) is 2.34. The van der Waals surface area contributed by atoms with Gasteiger partial charge in [0.25, 0.3) is 0 Å². The number of rotatable bonds is 2. The maximum absolute atomic E-state index is 5.92. The number of benzene rings is 1. The molecule has 0 saturated carbocycles. The topological polar surface area (TPSA) is 69.6 Å². The quantitative estimate of drug-likeness (QED) is 0.699. The zero-order valence-electron chi connectivity index (χ0n) is 8.82. The Bertz CT molecular complexity index is 629. The fourth-order valence-electron chi connectivity index (χ4n) is 1.59. The van der Waals surface area contributed by atoms with Gasteiger partial charge in [0.1, 0.15) is 6.33 Å². The molecule has 0 aliphatic rings. The summed E-state index contributed by atoms with van der Waals surface area (Å²) in [6.45, 7) is 0. The van der Waals surface area contributed by atoms with Gasteiger partial charge in [-0.05, 0) is 6.07 Å². The molecule has 2 N–H and O–H groups in total. The molecule has 5 nitrogen and oxygen atoms in total. The first-order chi connectivity index (χ1) is 8.34. The largest absolute Gasteiger partial charge is 0.398 e. The van der Waals surface area contributed by atoms with E-state index >= 15 is 0 Å². The molecule has 0 saturated heterocycles. The Morgan fingerprint density at radius 3 is 2.88 bits per heavy atom. The molecule has 0 aliphatic heterocycles. The van der Waals surface area contributed by atoms with Crippen molar-refractivity contribution < 1.29 is 0 Å². The van der Waals surface area contributed by atoms with Crippen molar-refractivity contribution in [2.45, 2.75) is 0 Å². The summed E-state index contributed by atoms with van der Waals surface area (Å²) >= 11 is 1.30. The number of nitrogens with zero attached hydrogens (tertiary/aromatic N) is 4. The van der Waals surface area contributed by atoms with Crippen LogP contribution in [0.4, 0.5) is 5.69 Å². The number of anilines is 1. The molecule has 17 heavy (non-hydrogen) atoms. The van der Waals surface area contributed by atoms with E-state index in [1.165, 1.54) is 17.9 Å². The molecule has 2 aromatic heterocycles. The van der Waals surface area contributed by atoms with E-state index in [0.29, 0.717) is 0 Å². The standard InChI is InChI=1S/C11H9N5S/c12-10-4-2-1-3-9(10)8-5-14-16(6-8)11-13-7-15-17-11/h1-7H,12H2. The maximum atomic E-state index is 5.92. The minimum Gasteiger partial charge on any atom is -0.398 e. The smallest absolute Gasteiger partial charge is 0.229 e. The highest BCUT2D eigenvalue weighted by Gasteiger charge is 2.07. The van der Waals surface area contributed by atoms with Gasteiger partial charge < -0.3 is 5.73 Å². The van der Waals surface area contributed by atoms with E-state index < -0.39 is 0 Å². The number of hydrogen-bond acceptors (Lipinski definition) is 5. The molecule has 3 rings (SSSR count). The maximum Gasteiger partial charge on any atom is 0.229 e. The summed E-state index contributed by atoms with van der Waals surface area (Å²) in [4.78, 5) is 4.09. The zero-order chi connectivity index (χ0) is 11.7. The van der Waals surface area contributed by atoms with E-state index in [2.05, 4.69) is 14.5 Å². The fourth-order valence-corrected chi connectivity index (χ4v) is 2.06. The molecule has 0 atom stereocenters. The highest BCUT2D eigenvalue weighted by molar-refractivity contribution is 7.07. The summed E-state index contributed by atoms with van der Waals surface area (Å²) < 4.78 is 5.64. The second-order valence-corrected chi connectivity index (χ2v) is 4.24. The van der Waals surface area contributed by atoms with Crippen molar-refractivity contribution >= 4 is 17.2 Å². The Labute approximate surface area is 102 Å². The number of aromatic nitrogens is 4. The number of nitrogens with two attached hydrogens (primary N) is 1. The Morgan fingerprint density at radius 2 is 2.12 bits per heavy atom. The molecule has 0 unspecified atom stereocenters. The van der Waals surface area contributed by atoms with E-state index in [4.69, 9.17) is 5.73 Å². The van der Waals surface area contributed by atoms with Gasteiger partial charge >= 0.3 is 0 Å². The second-order valence-electron chi connectivity index (χ2n) is 3.48. The van der Waals surface area contributed by atoms with Crippen LogP contribution >= 0.6 is 11.5 Å². The fraction of sp³-hybridized carbons (Fsp3) is 0. The monoisotopic (exact) mass is 243 g/mol. The summed E-state index contributed by atoms with van der Waals surface area (Å²) in [7, 11) is 0. The van der Waals surface area contributed by atoms with E-state index in [-0.39, 0.29) is 0 Å². The van der Waals surface area contributed by atoms with Crippen LogP contribution in [-0.4, -0.2) is 19.1 Å². The number of para-hydroxylation sites is 1. The SMILES string of the molecule is Nc1ccccc1-c1cnn(-c2ncns2)c1. The lowest BCUT2D eigenvalue weighted by Gasteiger charge is -2.00. The molecule has 0 amide bonds. The lowest BCUT2D eigenvalue weighted by Crippen LogP contribution is -1.92. The Balaban J connectivity index is 2.04. The molecule has 3 aromatic rings. The molecule has 0 spiro atoms. The van der Waals surface area contributed by atoms with E-state index in [1.54, 1.807) is 10.9 Å². The van der Waals surface area contributed by atoms with Gasteiger partial charge in [-0.15, -0.1) is 0 Å². The lowest BCUT2D eigenvalue weighted by molar-refractivity contribution is 0.869. The van der Waals surface area contributed by atoms with Gasteiger partial charge in [-0.1, -0.05) is 18.2 Å². The Hall–Kier alpha value is -2.21. The summed E-state index contributed by atoms with van der Waals surface area (Å²) in [5.41, 5.74) is 8.60. The molecule has 6 heteroatoms. The number of nitrogen functional groups attached to an aromatic ring is 1. The van der Waals surface area contributed by atoms with Crippen LogP contribution in [0.5, 0.6) is 0 Å². The zero-order valence-corrected chi connectivity index (χ0v) is 9.63. The van der Waals surface area contributed by atoms with E-state index in [0.717, 1.165) is 21.9 Å². The first kappa shape index (κ1) is 9.98. The summed E-state index contributed by atoms with van der Waals surface area (Å²) in [6, 6.07) is 7.70. The average molecular weight is 243 g/mol. The van der Waals surface area contributed by atoms with Gasteiger partial charge in [0, 0.05) is 34.5 Å². The van der Waals surface area contributed by atoms with Gasteiger partial charge in [-0.2, -0.15) is 9.47 Å². The minimum atomic E-state index is 0.740. The van der Waals surface area contributed by atoms with Crippen LogP contribution in [0.3, 0.4) is 0 Å². The van der Waals surface area contributed by atoms with Gasteiger partial charge in [-0.3, -0.25) is 0 Å². The van der Waals surface area contributed by atoms with Crippen LogP contribution in [0.2, 0.25) is 0 Å². The second kappa shape index (κ2) is 3.99. The molecule has 0 aliphatic carbocycles. The molecule has 0 bridgehead atoms. The minimum absolute atomic E-state index is 0.740. The van der Waals surface area contributed by atoms with Crippen molar-refractivity contribution in [3.63, 3.8) is 0 Å². The predicted octanol–water partition coefficient (Wildman–Crippen LogP) is 1.97. The van der Waals surface area contributed by atoms with E-state index in [9.17, 15) is 0 Å². The van der Waals surface area contributed by atoms with Gasteiger partial charge in [0.15, 0.2) is 0 Å². The summed E-state index contributed by atoms with van der Waals surface area (Å²) in [6.07, 6.45) is 5.18. The molecule has 2 heterocycles. The molecular formula is C11H9N5S. The third kappa shape index (κ3) is 1.78.